The molecule has 0 atom stereocenters. The number of fused-ring (bicyclic) bond motifs is 1. The van der Waals surface area contributed by atoms with Crippen LogP contribution in [-0.4, -0.2) is 16.2 Å². The molecule has 4 heteroatoms. The van der Waals surface area contributed by atoms with E-state index < -0.39 is 5.97 Å². The second-order valence-electron chi connectivity index (χ2n) is 4.01. The summed E-state index contributed by atoms with van der Waals surface area (Å²) >= 11 is 0. The summed E-state index contributed by atoms with van der Waals surface area (Å²) in [6, 6.07) is 4.93. The van der Waals surface area contributed by atoms with Crippen LogP contribution in [0.3, 0.4) is 0 Å². The van der Waals surface area contributed by atoms with Crippen LogP contribution in [0.25, 0.3) is 22.6 Å². The van der Waals surface area contributed by atoms with Gasteiger partial charge in [-0.15, -0.1) is 0 Å². The first-order valence-corrected chi connectivity index (χ1v) is 5.31. The molecule has 0 unspecified atom stereocenters. The number of rotatable bonds is 3. The van der Waals surface area contributed by atoms with Crippen molar-refractivity contribution in [1.29, 1.82) is 0 Å². The van der Waals surface area contributed by atoms with Gasteiger partial charge in [-0.1, -0.05) is 6.58 Å². The second-order valence-corrected chi connectivity index (χ2v) is 4.01. The lowest BCUT2D eigenvalue weighted by Gasteiger charge is -1.98. The van der Waals surface area contributed by atoms with E-state index in [-0.39, 0.29) is 5.75 Å². The van der Waals surface area contributed by atoms with Crippen molar-refractivity contribution in [2.75, 3.05) is 0 Å². The Kier molecular flexibility index (Phi) is 2.93. The molecule has 0 amide bonds. The Morgan fingerprint density at radius 2 is 2.11 bits per heavy atom. The maximum atomic E-state index is 10.4. The Morgan fingerprint density at radius 1 is 1.39 bits per heavy atom. The number of carbonyl (C=O) groups is 1. The maximum absolute atomic E-state index is 10.4. The van der Waals surface area contributed by atoms with Crippen LogP contribution in [0.1, 0.15) is 18.2 Å². The molecule has 1 aromatic heterocycles. The fourth-order valence-electron chi connectivity index (χ4n) is 1.60. The minimum absolute atomic E-state index is 0.0254. The molecule has 4 nitrogen and oxygen atoms in total. The molecule has 0 aliphatic rings. The number of carboxylic acid groups (broad SMARTS) is 1. The average Bonchev–Trinajstić information content (AvgIpc) is 2.68. The Labute approximate surface area is 103 Å². The molecule has 1 heterocycles. The zero-order valence-corrected chi connectivity index (χ0v) is 9.80. The largest absolute Gasteiger partial charge is 0.507 e. The number of aromatic hydroxyl groups is 1. The predicted molar refractivity (Wildman–Crippen MR) is 69.3 cm³/mol. The lowest BCUT2D eigenvalue weighted by Crippen LogP contribution is -1.85. The maximum Gasteiger partial charge on any atom is 0.328 e. The number of phenols is 1. The summed E-state index contributed by atoms with van der Waals surface area (Å²) in [4.78, 5) is 10.4. The molecule has 18 heavy (non-hydrogen) atoms. The van der Waals surface area contributed by atoms with E-state index in [2.05, 4.69) is 6.58 Å². The fraction of sp³-hybridized carbons (Fsp3) is 0.0714. The molecule has 0 aliphatic heterocycles. The molecule has 92 valence electrons. The van der Waals surface area contributed by atoms with E-state index in [9.17, 15) is 9.90 Å². The zero-order chi connectivity index (χ0) is 13.3. The lowest BCUT2D eigenvalue weighted by molar-refractivity contribution is -0.131. The van der Waals surface area contributed by atoms with Crippen molar-refractivity contribution in [2.45, 2.75) is 6.92 Å². The highest BCUT2D eigenvalue weighted by Crippen LogP contribution is 2.30. The van der Waals surface area contributed by atoms with Crippen molar-refractivity contribution < 1.29 is 19.4 Å². The molecule has 2 N–H and O–H groups in total. The molecule has 1 aromatic carbocycles. The third-order valence-corrected chi connectivity index (χ3v) is 2.49. The molecule has 0 saturated heterocycles. The molecule has 0 bridgehead atoms. The van der Waals surface area contributed by atoms with Crippen molar-refractivity contribution in [2.24, 2.45) is 0 Å². The van der Waals surface area contributed by atoms with Crippen LogP contribution in [0.5, 0.6) is 5.75 Å². The van der Waals surface area contributed by atoms with Crippen LogP contribution < -0.4 is 0 Å². The van der Waals surface area contributed by atoms with Gasteiger partial charge in [0.2, 0.25) is 0 Å². The number of hydrogen-bond acceptors (Lipinski definition) is 3. The Hall–Kier alpha value is -2.49. The first-order chi connectivity index (χ1) is 8.47. The molecule has 0 radical (unpaired) electrons. The van der Waals surface area contributed by atoms with E-state index in [4.69, 9.17) is 9.52 Å². The van der Waals surface area contributed by atoms with Gasteiger partial charge in [0.1, 0.15) is 17.1 Å². The first-order valence-electron chi connectivity index (χ1n) is 5.31. The van der Waals surface area contributed by atoms with Crippen LogP contribution in [0, 0.1) is 0 Å². The normalized spacial score (nSPS) is 11.2. The number of phenolic OH excluding ortho intramolecular Hbond substituents is 1. The fourth-order valence-corrected chi connectivity index (χ4v) is 1.60. The SMILES string of the molecule is C=C(C)c1cc2cc(C=CC(=O)O)c(O)cc2o1. The first kappa shape index (κ1) is 12.0. The van der Waals surface area contributed by atoms with Crippen LogP contribution in [0.2, 0.25) is 0 Å². The zero-order valence-electron chi connectivity index (χ0n) is 9.80. The van der Waals surface area contributed by atoms with E-state index in [0.29, 0.717) is 16.9 Å². The van der Waals surface area contributed by atoms with Gasteiger partial charge in [0.15, 0.2) is 0 Å². The molecular formula is C14H12O4. The van der Waals surface area contributed by atoms with Gasteiger partial charge in [-0.2, -0.15) is 0 Å². The number of hydrogen-bond donors (Lipinski definition) is 2. The molecular weight excluding hydrogens is 232 g/mol. The summed E-state index contributed by atoms with van der Waals surface area (Å²) in [5, 5.41) is 19.1. The Balaban J connectivity index is 2.53. The summed E-state index contributed by atoms with van der Waals surface area (Å²) in [6.07, 6.45) is 2.31. The van der Waals surface area contributed by atoms with Crippen LogP contribution in [-0.2, 0) is 4.79 Å². The van der Waals surface area contributed by atoms with E-state index >= 15 is 0 Å². The summed E-state index contributed by atoms with van der Waals surface area (Å²) < 4.78 is 5.49. The topological polar surface area (TPSA) is 70.7 Å². The highest BCUT2D eigenvalue weighted by Gasteiger charge is 2.08. The third-order valence-electron chi connectivity index (χ3n) is 2.49. The smallest absolute Gasteiger partial charge is 0.328 e. The molecule has 0 spiro atoms. The van der Waals surface area contributed by atoms with E-state index in [1.807, 2.05) is 6.92 Å². The number of aliphatic carboxylic acids is 1. The summed E-state index contributed by atoms with van der Waals surface area (Å²) in [5.41, 5.74) is 1.75. The standard InChI is InChI=1S/C14H12O4/c1-8(2)12-6-10-5-9(3-4-14(16)17)11(15)7-13(10)18-12/h3-7,15H,1H2,2H3,(H,16,17). The van der Waals surface area contributed by atoms with Gasteiger partial charge in [0, 0.05) is 23.1 Å². The van der Waals surface area contributed by atoms with E-state index in [0.717, 1.165) is 17.0 Å². The van der Waals surface area contributed by atoms with Gasteiger partial charge >= 0.3 is 5.97 Å². The minimum atomic E-state index is -1.07. The Bertz CT molecular complexity index is 662. The van der Waals surface area contributed by atoms with Gasteiger partial charge in [0.25, 0.3) is 0 Å². The third kappa shape index (κ3) is 2.27. The Morgan fingerprint density at radius 3 is 2.72 bits per heavy atom. The molecule has 0 aliphatic carbocycles. The van der Waals surface area contributed by atoms with E-state index in [1.54, 1.807) is 12.1 Å². The summed E-state index contributed by atoms with van der Waals surface area (Å²) in [5.74, 6) is -0.448. The number of carboxylic acids is 1. The second kappa shape index (κ2) is 4.41. The van der Waals surface area contributed by atoms with Crippen LogP contribution in [0.4, 0.5) is 0 Å². The van der Waals surface area contributed by atoms with Gasteiger partial charge in [-0.25, -0.2) is 4.79 Å². The summed E-state index contributed by atoms with van der Waals surface area (Å²) in [6.45, 7) is 5.60. The minimum Gasteiger partial charge on any atom is -0.507 e. The predicted octanol–water partition coefficient (Wildman–Crippen LogP) is 3.27. The van der Waals surface area contributed by atoms with Gasteiger partial charge < -0.3 is 14.6 Å². The van der Waals surface area contributed by atoms with Crippen molar-refractivity contribution in [1.82, 2.24) is 0 Å². The van der Waals surface area contributed by atoms with E-state index in [1.165, 1.54) is 12.1 Å². The monoisotopic (exact) mass is 244 g/mol. The van der Waals surface area contributed by atoms with Gasteiger partial charge in [-0.3, -0.25) is 0 Å². The number of benzene rings is 1. The highest BCUT2D eigenvalue weighted by molar-refractivity contribution is 5.89. The van der Waals surface area contributed by atoms with Crippen molar-refractivity contribution in [3.05, 3.63) is 42.2 Å². The van der Waals surface area contributed by atoms with Crippen molar-refractivity contribution >= 4 is 28.6 Å². The highest BCUT2D eigenvalue weighted by atomic mass is 16.4. The molecule has 2 aromatic rings. The number of allylic oxidation sites excluding steroid dienone is 1. The lowest BCUT2D eigenvalue weighted by atomic mass is 10.1. The van der Waals surface area contributed by atoms with Crippen LogP contribution >= 0.6 is 0 Å². The number of furan rings is 1. The van der Waals surface area contributed by atoms with Gasteiger partial charge in [0.05, 0.1) is 0 Å². The van der Waals surface area contributed by atoms with Crippen molar-refractivity contribution in [3.8, 4) is 5.75 Å². The quantitative estimate of drug-likeness (QED) is 0.813. The van der Waals surface area contributed by atoms with Crippen LogP contribution in [0.15, 0.2) is 35.3 Å². The molecule has 0 saturated carbocycles. The molecule has 0 fully saturated rings. The average molecular weight is 244 g/mol. The molecule has 2 rings (SSSR count). The van der Waals surface area contributed by atoms with Gasteiger partial charge in [-0.05, 0) is 30.7 Å². The summed E-state index contributed by atoms with van der Waals surface area (Å²) in [7, 11) is 0. The van der Waals surface area contributed by atoms with Crippen molar-refractivity contribution in [3.63, 3.8) is 0 Å².